The molecule has 0 aromatic heterocycles. The number of fused-ring (bicyclic) bond motifs is 1. The highest BCUT2D eigenvalue weighted by atomic mass is 16.3. The van der Waals surface area contributed by atoms with Crippen LogP contribution in [0.1, 0.15) is 31.2 Å². The third kappa shape index (κ3) is 1.61. The van der Waals surface area contributed by atoms with Gasteiger partial charge in [0.1, 0.15) is 0 Å². The topological polar surface area (TPSA) is 23.5 Å². The largest absolute Gasteiger partial charge is 0.391 e. The van der Waals surface area contributed by atoms with Gasteiger partial charge in [0.05, 0.1) is 12.1 Å². The summed E-state index contributed by atoms with van der Waals surface area (Å²) in [5.74, 6) is 0. The molecule has 3 rings (SSSR count). The standard InChI is InChI=1S/C14H19NO/c16-14-9-3-8-13(14)15-10-4-6-11-5-1-2-7-12(11)15/h1-2,5,7,13-14,16H,3-4,6,8-10H2/t13-,14+/m1/s1. The summed E-state index contributed by atoms with van der Waals surface area (Å²) in [4.78, 5) is 2.44. The maximum atomic E-state index is 10.0. The molecule has 1 fully saturated rings. The van der Waals surface area contributed by atoms with E-state index in [0.29, 0.717) is 6.04 Å². The van der Waals surface area contributed by atoms with Crippen molar-refractivity contribution in [2.45, 2.75) is 44.2 Å². The molecule has 0 amide bonds. The molecule has 2 aliphatic rings. The van der Waals surface area contributed by atoms with Gasteiger partial charge in [0.25, 0.3) is 0 Å². The van der Waals surface area contributed by atoms with Crippen molar-refractivity contribution in [3.05, 3.63) is 29.8 Å². The van der Waals surface area contributed by atoms with Gasteiger partial charge in [-0.05, 0) is 43.7 Å². The fraction of sp³-hybridized carbons (Fsp3) is 0.571. The van der Waals surface area contributed by atoms with Crippen molar-refractivity contribution in [2.24, 2.45) is 0 Å². The molecule has 1 aliphatic carbocycles. The molecule has 2 heteroatoms. The van der Waals surface area contributed by atoms with Gasteiger partial charge in [-0.3, -0.25) is 0 Å². The van der Waals surface area contributed by atoms with Crippen LogP contribution in [-0.4, -0.2) is 23.8 Å². The summed E-state index contributed by atoms with van der Waals surface area (Å²) >= 11 is 0. The second-order valence-electron chi connectivity index (χ2n) is 4.99. The first kappa shape index (κ1) is 10.2. The number of anilines is 1. The van der Waals surface area contributed by atoms with Crippen molar-refractivity contribution in [1.29, 1.82) is 0 Å². The van der Waals surface area contributed by atoms with E-state index in [4.69, 9.17) is 0 Å². The minimum absolute atomic E-state index is 0.119. The molecule has 0 radical (unpaired) electrons. The van der Waals surface area contributed by atoms with Crippen LogP contribution in [0.3, 0.4) is 0 Å². The van der Waals surface area contributed by atoms with Gasteiger partial charge in [-0.25, -0.2) is 0 Å². The van der Waals surface area contributed by atoms with E-state index in [-0.39, 0.29) is 6.10 Å². The van der Waals surface area contributed by atoms with Gasteiger partial charge >= 0.3 is 0 Å². The number of hydrogen-bond donors (Lipinski definition) is 1. The minimum Gasteiger partial charge on any atom is -0.391 e. The number of nitrogens with zero attached hydrogens (tertiary/aromatic N) is 1. The van der Waals surface area contributed by atoms with E-state index < -0.39 is 0 Å². The third-order valence-corrected chi connectivity index (χ3v) is 3.99. The van der Waals surface area contributed by atoms with Crippen molar-refractivity contribution in [2.75, 3.05) is 11.4 Å². The minimum atomic E-state index is -0.119. The van der Waals surface area contributed by atoms with Gasteiger partial charge in [-0.1, -0.05) is 18.2 Å². The predicted molar refractivity (Wildman–Crippen MR) is 65.8 cm³/mol. The molecule has 1 saturated carbocycles. The van der Waals surface area contributed by atoms with Crippen LogP contribution in [0.5, 0.6) is 0 Å². The fourth-order valence-electron chi connectivity index (χ4n) is 3.19. The Balaban J connectivity index is 1.92. The van der Waals surface area contributed by atoms with Gasteiger partial charge < -0.3 is 10.0 Å². The molecule has 16 heavy (non-hydrogen) atoms. The van der Waals surface area contributed by atoms with E-state index in [0.717, 1.165) is 19.4 Å². The predicted octanol–water partition coefficient (Wildman–Crippen LogP) is 2.35. The number of aliphatic hydroxyl groups excluding tert-OH is 1. The van der Waals surface area contributed by atoms with Crippen LogP contribution in [0.25, 0.3) is 0 Å². The first-order valence-electron chi connectivity index (χ1n) is 6.39. The maximum Gasteiger partial charge on any atom is 0.0743 e. The van der Waals surface area contributed by atoms with Gasteiger partial charge in [0.15, 0.2) is 0 Å². The molecule has 86 valence electrons. The zero-order valence-corrected chi connectivity index (χ0v) is 9.60. The summed E-state index contributed by atoms with van der Waals surface area (Å²) < 4.78 is 0. The Kier molecular flexibility index (Phi) is 2.60. The molecule has 0 unspecified atom stereocenters. The van der Waals surface area contributed by atoms with Crippen LogP contribution >= 0.6 is 0 Å². The molecule has 1 aromatic carbocycles. The first-order valence-corrected chi connectivity index (χ1v) is 6.39. The lowest BCUT2D eigenvalue weighted by Gasteiger charge is -2.37. The highest BCUT2D eigenvalue weighted by molar-refractivity contribution is 5.56. The van der Waals surface area contributed by atoms with Crippen LogP contribution in [0.2, 0.25) is 0 Å². The molecular weight excluding hydrogens is 198 g/mol. The SMILES string of the molecule is O[C@H]1CCC[C@H]1N1CCCc2ccccc21. The van der Waals surface area contributed by atoms with Crippen LogP contribution in [0.15, 0.2) is 24.3 Å². The van der Waals surface area contributed by atoms with E-state index in [2.05, 4.69) is 29.2 Å². The molecule has 1 N–H and O–H groups in total. The monoisotopic (exact) mass is 217 g/mol. The number of para-hydroxylation sites is 1. The van der Waals surface area contributed by atoms with E-state index >= 15 is 0 Å². The Hall–Kier alpha value is -1.02. The molecule has 2 atom stereocenters. The third-order valence-electron chi connectivity index (χ3n) is 3.99. The first-order chi connectivity index (χ1) is 7.86. The van der Waals surface area contributed by atoms with Crippen molar-refractivity contribution in [3.63, 3.8) is 0 Å². The molecular formula is C14H19NO. The van der Waals surface area contributed by atoms with Crippen molar-refractivity contribution < 1.29 is 5.11 Å². The van der Waals surface area contributed by atoms with E-state index in [1.807, 2.05) is 0 Å². The Labute approximate surface area is 96.9 Å². The zero-order valence-electron chi connectivity index (χ0n) is 9.60. The van der Waals surface area contributed by atoms with Crippen molar-refractivity contribution >= 4 is 5.69 Å². The summed E-state index contributed by atoms with van der Waals surface area (Å²) in [5.41, 5.74) is 2.81. The Morgan fingerprint density at radius 2 is 2.00 bits per heavy atom. The summed E-state index contributed by atoms with van der Waals surface area (Å²) in [7, 11) is 0. The molecule has 0 bridgehead atoms. The van der Waals surface area contributed by atoms with Gasteiger partial charge in [0.2, 0.25) is 0 Å². The van der Waals surface area contributed by atoms with E-state index in [9.17, 15) is 5.11 Å². The molecule has 1 aromatic rings. The smallest absolute Gasteiger partial charge is 0.0743 e. The molecule has 1 aliphatic heterocycles. The van der Waals surface area contributed by atoms with Crippen LogP contribution in [0.4, 0.5) is 5.69 Å². The van der Waals surface area contributed by atoms with E-state index in [1.54, 1.807) is 0 Å². The lowest BCUT2D eigenvalue weighted by atomic mass is 9.99. The Morgan fingerprint density at radius 1 is 1.12 bits per heavy atom. The van der Waals surface area contributed by atoms with Gasteiger partial charge in [-0.2, -0.15) is 0 Å². The fourth-order valence-corrected chi connectivity index (χ4v) is 3.19. The number of hydrogen-bond acceptors (Lipinski definition) is 2. The van der Waals surface area contributed by atoms with Gasteiger partial charge in [0, 0.05) is 12.2 Å². The number of benzene rings is 1. The quantitative estimate of drug-likeness (QED) is 0.780. The average Bonchev–Trinajstić information content (AvgIpc) is 2.75. The normalized spacial score (nSPS) is 29.2. The second-order valence-corrected chi connectivity index (χ2v) is 4.99. The van der Waals surface area contributed by atoms with Gasteiger partial charge in [-0.15, -0.1) is 0 Å². The highest BCUT2D eigenvalue weighted by Crippen LogP contribution is 2.34. The number of rotatable bonds is 1. The summed E-state index contributed by atoms with van der Waals surface area (Å²) in [5, 5.41) is 10.0. The summed E-state index contributed by atoms with van der Waals surface area (Å²) in [6, 6.07) is 9.02. The summed E-state index contributed by atoms with van der Waals surface area (Å²) in [6.45, 7) is 1.11. The van der Waals surface area contributed by atoms with E-state index in [1.165, 1.54) is 30.5 Å². The number of aliphatic hydroxyl groups is 1. The maximum absolute atomic E-state index is 10.0. The van der Waals surface area contributed by atoms with Crippen LogP contribution in [-0.2, 0) is 6.42 Å². The molecule has 1 heterocycles. The second kappa shape index (κ2) is 4.10. The Bertz CT molecular complexity index is 377. The van der Waals surface area contributed by atoms with Crippen molar-refractivity contribution in [1.82, 2.24) is 0 Å². The summed E-state index contributed by atoms with van der Waals surface area (Å²) in [6.07, 6.45) is 5.59. The molecule has 0 spiro atoms. The number of aryl methyl sites for hydroxylation is 1. The molecule has 0 saturated heterocycles. The molecule has 2 nitrogen and oxygen atoms in total. The average molecular weight is 217 g/mol. The zero-order chi connectivity index (χ0) is 11.0. The van der Waals surface area contributed by atoms with Crippen LogP contribution < -0.4 is 4.90 Å². The van der Waals surface area contributed by atoms with Crippen molar-refractivity contribution in [3.8, 4) is 0 Å². The lowest BCUT2D eigenvalue weighted by Crippen LogP contribution is -2.43. The van der Waals surface area contributed by atoms with Crippen LogP contribution in [0, 0.1) is 0 Å². The highest BCUT2D eigenvalue weighted by Gasteiger charge is 2.32. The lowest BCUT2D eigenvalue weighted by molar-refractivity contribution is 0.160. The Morgan fingerprint density at radius 3 is 2.81 bits per heavy atom.